The molecule has 0 aliphatic rings. The molecule has 0 saturated carbocycles. The molecule has 11 rings (SSSR count). The third-order valence-electron chi connectivity index (χ3n) is 10.1. The topological polar surface area (TPSA) is 14.3 Å². The van der Waals surface area contributed by atoms with E-state index in [0.717, 1.165) is 0 Å². The van der Waals surface area contributed by atoms with Crippen LogP contribution in [0.3, 0.4) is 0 Å². The van der Waals surface area contributed by atoms with Gasteiger partial charge in [0, 0.05) is 56.0 Å². The Morgan fingerprint density at radius 3 is 1.91 bits per heavy atom. The van der Waals surface area contributed by atoms with Crippen molar-refractivity contribution in [2.45, 2.75) is 0 Å². The molecule has 0 bridgehead atoms. The van der Waals surface area contributed by atoms with Gasteiger partial charge in [0.15, 0.2) is 0 Å². The molecule has 0 radical (unpaired) electrons. The summed E-state index contributed by atoms with van der Waals surface area (Å²) in [7, 11) is 2.25. The van der Waals surface area contributed by atoms with Crippen molar-refractivity contribution in [1.82, 2.24) is 13.5 Å². The van der Waals surface area contributed by atoms with Crippen LogP contribution in [0, 0.1) is 0 Å². The number of benzene rings is 7. The van der Waals surface area contributed by atoms with E-state index in [9.17, 15) is 0 Å². The van der Waals surface area contributed by atoms with E-state index >= 15 is 0 Å². The quantitative estimate of drug-likeness (QED) is 0.190. The highest BCUT2D eigenvalue weighted by molar-refractivity contribution is 6.35. The minimum atomic E-state index is 1.18. The van der Waals surface area contributed by atoms with Crippen LogP contribution < -0.4 is 0 Å². The van der Waals surface area contributed by atoms with E-state index < -0.39 is 0 Å². The smallest absolute Gasteiger partial charge is 0.0786 e. The van der Waals surface area contributed by atoms with Crippen molar-refractivity contribution in [1.29, 1.82) is 0 Å². The summed E-state index contributed by atoms with van der Waals surface area (Å²) >= 11 is 0. The molecule has 4 heterocycles. The van der Waals surface area contributed by atoms with Crippen LogP contribution in [0.4, 0.5) is 0 Å². The van der Waals surface area contributed by atoms with Crippen LogP contribution in [0.15, 0.2) is 133 Å². The first-order valence-corrected chi connectivity index (χ1v) is 15.3. The lowest BCUT2D eigenvalue weighted by Crippen LogP contribution is -1.97. The predicted octanol–water partition coefficient (Wildman–Crippen LogP) is 10.7. The summed E-state index contributed by atoms with van der Waals surface area (Å²) in [5, 5.41) is 12.9. The third kappa shape index (κ3) is 2.57. The summed E-state index contributed by atoms with van der Waals surface area (Å²) in [4.78, 5) is 0. The Hall–Kier alpha value is -5.80. The van der Waals surface area contributed by atoms with Crippen LogP contribution in [0.2, 0.25) is 0 Å². The standard InChI is InChI=1S/C41H25N3/c1-42-34-20-10-16-28-29-17-9-18-30-31-21-24-11-5-6-12-25(24)22-35(31)44(39(29)30)36-23-32-27-15-7-8-19-33(27)43(26-13-3-2-4-14-26)40(32)41(42)38(36)37(28)34/h2-23H,1H3. The van der Waals surface area contributed by atoms with Crippen molar-refractivity contribution in [3.8, 4) is 5.69 Å². The Kier molecular flexibility index (Phi) is 4.02. The minimum absolute atomic E-state index is 1.18. The fourth-order valence-electron chi connectivity index (χ4n) is 8.33. The largest absolute Gasteiger partial charge is 0.342 e. The second-order valence-corrected chi connectivity index (χ2v) is 12.2. The second kappa shape index (κ2) is 7.77. The lowest BCUT2D eigenvalue weighted by atomic mass is 10.0. The molecule has 3 nitrogen and oxygen atoms in total. The Morgan fingerprint density at radius 1 is 0.386 bits per heavy atom. The summed E-state index contributed by atoms with van der Waals surface area (Å²) in [6, 6.07) is 49.4. The zero-order valence-electron chi connectivity index (χ0n) is 24.0. The Morgan fingerprint density at radius 2 is 1.05 bits per heavy atom. The zero-order valence-corrected chi connectivity index (χ0v) is 24.0. The van der Waals surface area contributed by atoms with Gasteiger partial charge in [-0.1, -0.05) is 91.0 Å². The fourth-order valence-corrected chi connectivity index (χ4v) is 8.33. The highest BCUT2D eigenvalue weighted by Gasteiger charge is 2.25. The molecule has 4 aromatic heterocycles. The SMILES string of the molecule is Cn1c2cccc3c4cccc5c6cc7ccccc7cc6n(c6cc7c8ccccc8n(-c8ccccc8)c7c1c6c32)c45. The zero-order chi connectivity index (χ0) is 28.7. The van der Waals surface area contributed by atoms with Gasteiger partial charge in [-0.05, 0) is 58.6 Å². The van der Waals surface area contributed by atoms with Crippen LogP contribution in [0.5, 0.6) is 0 Å². The highest BCUT2D eigenvalue weighted by atomic mass is 15.0. The normalized spacial score (nSPS) is 12.7. The number of aromatic nitrogens is 3. The number of hydrogen-bond acceptors (Lipinski definition) is 0. The molecule has 0 spiro atoms. The van der Waals surface area contributed by atoms with E-state index in [0.29, 0.717) is 0 Å². The monoisotopic (exact) mass is 559 g/mol. The fraction of sp³-hybridized carbons (Fsp3) is 0.0244. The summed E-state index contributed by atoms with van der Waals surface area (Å²) in [6.45, 7) is 0. The molecule has 11 aromatic rings. The second-order valence-electron chi connectivity index (χ2n) is 12.2. The van der Waals surface area contributed by atoms with Gasteiger partial charge < -0.3 is 13.5 Å². The molecule has 0 N–H and O–H groups in total. The van der Waals surface area contributed by atoms with Crippen molar-refractivity contribution < 1.29 is 0 Å². The van der Waals surface area contributed by atoms with Gasteiger partial charge in [0.1, 0.15) is 0 Å². The lowest BCUT2D eigenvalue weighted by molar-refractivity contribution is 1.01. The maximum absolute atomic E-state index is 2.57. The molecule has 0 saturated heterocycles. The Bertz CT molecular complexity index is 2990. The van der Waals surface area contributed by atoms with Crippen LogP contribution >= 0.6 is 0 Å². The summed E-state index contributed by atoms with van der Waals surface area (Å²) in [5.41, 5.74) is 9.98. The maximum atomic E-state index is 2.57. The number of aryl methyl sites for hydroxylation is 1. The van der Waals surface area contributed by atoms with Crippen molar-refractivity contribution >= 4 is 92.5 Å². The Labute approximate surface area is 251 Å². The first kappa shape index (κ1) is 22.8. The molecule has 0 amide bonds. The van der Waals surface area contributed by atoms with Gasteiger partial charge in [0.2, 0.25) is 0 Å². The summed E-state index contributed by atoms with van der Waals surface area (Å²) in [5.74, 6) is 0. The maximum Gasteiger partial charge on any atom is 0.0786 e. The van der Waals surface area contributed by atoms with Crippen LogP contribution in [-0.2, 0) is 7.05 Å². The highest BCUT2D eigenvalue weighted by Crippen LogP contribution is 2.47. The Balaban J connectivity index is 1.54. The average molecular weight is 560 g/mol. The van der Waals surface area contributed by atoms with Crippen molar-refractivity contribution in [2.75, 3.05) is 0 Å². The predicted molar refractivity (Wildman–Crippen MR) is 187 cm³/mol. The number of rotatable bonds is 1. The van der Waals surface area contributed by atoms with E-state index in [1.165, 1.54) is 98.2 Å². The van der Waals surface area contributed by atoms with Gasteiger partial charge in [-0.15, -0.1) is 0 Å². The van der Waals surface area contributed by atoms with E-state index in [1.54, 1.807) is 0 Å². The first-order chi connectivity index (χ1) is 21.8. The average Bonchev–Trinajstić information content (AvgIpc) is 3.66. The molecule has 7 aromatic carbocycles. The van der Waals surface area contributed by atoms with Gasteiger partial charge in [-0.25, -0.2) is 0 Å². The first-order valence-electron chi connectivity index (χ1n) is 15.3. The van der Waals surface area contributed by atoms with Crippen molar-refractivity contribution in [3.63, 3.8) is 0 Å². The van der Waals surface area contributed by atoms with E-state index in [1.807, 2.05) is 0 Å². The van der Waals surface area contributed by atoms with Crippen molar-refractivity contribution in [2.24, 2.45) is 7.05 Å². The molecule has 0 atom stereocenters. The molecule has 0 aliphatic heterocycles. The summed E-state index contributed by atoms with van der Waals surface area (Å²) < 4.78 is 7.48. The van der Waals surface area contributed by atoms with Gasteiger partial charge in [-0.2, -0.15) is 0 Å². The van der Waals surface area contributed by atoms with Gasteiger partial charge in [0.05, 0.1) is 33.1 Å². The molecule has 0 unspecified atom stereocenters. The number of para-hydroxylation sites is 3. The van der Waals surface area contributed by atoms with Crippen LogP contribution in [0.1, 0.15) is 0 Å². The van der Waals surface area contributed by atoms with Gasteiger partial charge in [0.25, 0.3) is 0 Å². The van der Waals surface area contributed by atoms with E-state index in [-0.39, 0.29) is 0 Å². The number of nitrogens with zero attached hydrogens (tertiary/aromatic N) is 3. The minimum Gasteiger partial charge on any atom is -0.342 e. The van der Waals surface area contributed by atoms with E-state index in [4.69, 9.17) is 0 Å². The summed E-state index contributed by atoms with van der Waals surface area (Å²) in [6.07, 6.45) is 0. The molecule has 0 fully saturated rings. The molecule has 44 heavy (non-hydrogen) atoms. The van der Waals surface area contributed by atoms with Gasteiger partial charge in [-0.3, -0.25) is 0 Å². The molecule has 3 heteroatoms. The molecular formula is C41H25N3. The molecule has 204 valence electrons. The number of hydrogen-bond donors (Lipinski definition) is 0. The molecular weight excluding hydrogens is 534 g/mol. The molecule has 0 aliphatic carbocycles. The number of fused-ring (bicyclic) bond motifs is 10. The lowest BCUT2D eigenvalue weighted by Gasteiger charge is -2.11. The third-order valence-corrected chi connectivity index (χ3v) is 10.1. The van der Waals surface area contributed by atoms with Crippen LogP contribution in [0.25, 0.3) is 98.2 Å². The van der Waals surface area contributed by atoms with Crippen molar-refractivity contribution in [3.05, 3.63) is 133 Å². The van der Waals surface area contributed by atoms with Gasteiger partial charge >= 0.3 is 0 Å². The van der Waals surface area contributed by atoms with E-state index in [2.05, 4.69) is 154 Å². The van der Waals surface area contributed by atoms with Crippen LogP contribution in [-0.4, -0.2) is 13.5 Å².